The minimum atomic E-state index is -4.07. The Morgan fingerprint density at radius 1 is 0.765 bits per heavy atom. The Morgan fingerprint density at radius 3 is 2.03 bits per heavy atom. The standard InChI is InChI=1S/C27H23FN2O3S/c28-22-15-17-23(18-16-22)34(32,33)30-26(19-20-9-3-1-4-10-20)27(31)29-25-14-8-7-13-24(25)21-11-5-2-6-12-21/h1-18,26,30H,19H2,(H,29,31). The van der Waals surface area contributed by atoms with Crippen LogP contribution in [0.5, 0.6) is 0 Å². The van der Waals surface area contributed by atoms with Crippen LogP contribution < -0.4 is 10.0 Å². The molecule has 0 aliphatic heterocycles. The fraction of sp³-hybridized carbons (Fsp3) is 0.0741. The third-order valence-electron chi connectivity index (χ3n) is 5.29. The molecule has 1 amide bonds. The number of hydrogen-bond acceptors (Lipinski definition) is 3. The molecule has 0 fully saturated rings. The number of amides is 1. The molecule has 0 saturated heterocycles. The zero-order chi connectivity index (χ0) is 24.0. The molecule has 0 bridgehead atoms. The van der Waals surface area contributed by atoms with Gasteiger partial charge in [-0.15, -0.1) is 0 Å². The number of nitrogens with one attached hydrogen (secondary N) is 2. The van der Waals surface area contributed by atoms with Crippen molar-refractivity contribution in [2.75, 3.05) is 5.32 Å². The molecule has 0 aliphatic carbocycles. The summed E-state index contributed by atoms with van der Waals surface area (Å²) in [6.45, 7) is 0. The normalized spacial score (nSPS) is 12.1. The Bertz CT molecular complexity index is 1360. The van der Waals surface area contributed by atoms with Gasteiger partial charge in [0.2, 0.25) is 15.9 Å². The van der Waals surface area contributed by atoms with E-state index in [0.717, 1.165) is 28.8 Å². The Balaban J connectivity index is 1.63. The predicted octanol–water partition coefficient (Wildman–Crippen LogP) is 5.02. The van der Waals surface area contributed by atoms with Gasteiger partial charge in [-0.25, -0.2) is 12.8 Å². The van der Waals surface area contributed by atoms with Crippen LogP contribution in [0.4, 0.5) is 10.1 Å². The lowest BCUT2D eigenvalue weighted by Crippen LogP contribution is -2.45. The van der Waals surface area contributed by atoms with Gasteiger partial charge in [-0.2, -0.15) is 4.72 Å². The first-order valence-corrected chi connectivity index (χ1v) is 12.2. The zero-order valence-electron chi connectivity index (χ0n) is 18.2. The van der Waals surface area contributed by atoms with Gasteiger partial charge in [0.15, 0.2) is 0 Å². The molecule has 2 N–H and O–H groups in total. The smallest absolute Gasteiger partial charge is 0.242 e. The van der Waals surface area contributed by atoms with E-state index in [9.17, 15) is 17.6 Å². The zero-order valence-corrected chi connectivity index (χ0v) is 19.0. The molecule has 0 aromatic heterocycles. The van der Waals surface area contributed by atoms with Crippen molar-refractivity contribution >= 4 is 21.6 Å². The van der Waals surface area contributed by atoms with Crippen molar-refractivity contribution < 1.29 is 17.6 Å². The summed E-state index contributed by atoms with van der Waals surface area (Å²) in [4.78, 5) is 13.2. The van der Waals surface area contributed by atoms with Crippen molar-refractivity contribution in [1.29, 1.82) is 0 Å². The van der Waals surface area contributed by atoms with E-state index in [0.29, 0.717) is 5.69 Å². The number of anilines is 1. The van der Waals surface area contributed by atoms with Gasteiger partial charge in [0.25, 0.3) is 0 Å². The molecule has 34 heavy (non-hydrogen) atoms. The molecule has 0 spiro atoms. The molecular weight excluding hydrogens is 451 g/mol. The number of carbonyl (C=O) groups excluding carboxylic acids is 1. The molecule has 4 rings (SSSR count). The van der Waals surface area contributed by atoms with E-state index >= 15 is 0 Å². The van der Waals surface area contributed by atoms with Crippen LogP contribution in [0.15, 0.2) is 114 Å². The second-order valence-corrected chi connectivity index (χ2v) is 9.43. The summed E-state index contributed by atoms with van der Waals surface area (Å²) in [5.74, 6) is -1.05. The summed E-state index contributed by atoms with van der Waals surface area (Å²) in [5, 5.41) is 2.89. The summed E-state index contributed by atoms with van der Waals surface area (Å²) >= 11 is 0. The van der Waals surface area contributed by atoms with Crippen molar-refractivity contribution in [2.45, 2.75) is 17.4 Å². The molecule has 0 aliphatic rings. The lowest BCUT2D eigenvalue weighted by atomic mass is 10.0. The average molecular weight is 475 g/mol. The number of halogens is 1. The summed E-state index contributed by atoms with van der Waals surface area (Å²) in [5.41, 5.74) is 3.10. The fourth-order valence-corrected chi connectivity index (χ4v) is 4.78. The molecule has 1 atom stereocenters. The van der Waals surface area contributed by atoms with Crippen molar-refractivity contribution in [3.8, 4) is 11.1 Å². The maximum Gasteiger partial charge on any atom is 0.242 e. The number of rotatable bonds is 8. The number of para-hydroxylation sites is 1. The van der Waals surface area contributed by atoms with Gasteiger partial charge in [0.05, 0.1) is 4.90 Å². The third-order valence-corrected chi connectivity index (χ3v) is 6.78. The summed E-state index contributed by atoms with van der Waals surface area (Å²) in [6.07, 6.45) is 0.139. The van der Waals surface area contributed by atoms with Gasteiger partial charge in [0.1, 0.15) is 11.9 Å². The molecule has 4 aromatic rings. The first kappa shape index (κ1) is 23.4. The van der Waals surface area contributed by atoms with E-state index in [1.165, 1.54) is 12.1 Å². The van der Waals surface area contributed by atoms with Crippen molar-refractivity contribution in [2.24, 2.45) is 0 Å². The molecular formula is C27H23FN2O3S. The van der Waals surface area contributed by atoms with Gasteiger partial charge < -0.3 is 5.32 Å². The minimum absolute atomic E-state index is 0.121. The summed E-state index contributed by atoms with van der Waals surface area (Å²) in [7, 11) is -4.07. The Morgan fingerprint density at radius 2 is 1.35 bits per heavy atom. The van der Waals surface area contributed by atoms with E-state index < -0.39 is 27.8 Å². The Kier molecular flexibility index (Phi) is 7.15. The molecule has 7 heteroatoms. The van der Waals surface area contributed by atoms with E-state index in [2.05, 4.69) is 10.0 Å². The number of sulfonamides is 1. The average Bonchev–Trinajstić information content (AvgIpc) is 2.85. The van der Waals surface area contributed by atoms with Crippen LogP contribution in [-0.4, -0.2) is 20.4 Å². The molecule has 5 nitrogen and oxygen atoms in total. The highest BCUT2D eigenvalue weighted by atomic mass is 32.2. The molecule has 0 saturated carbocycles. The second-order valence-electron chi connectivity index (χ2n) is 7.72. The molecule has 0 heterocycles. The van der Waals surface area contributed by atoms with E-state index in [4.69, 9.17) is 0 Å². The summed E-state index contributed by atoms with van der Waals surface area (Å²) in [6, 6.07) is 29.4. The number of carbonyl (C=O) groups is 1. The van der Waals surface area contributed by atoms with Crippen molar-refractivity contribution in [3.63, 3.8) is 0 Å². The van der Waals surface area contributed by atoms with Crippen LogP contribution in [-0.2, 0) is 21.2 Å². The SMILES string of the molecule is O=C(Nc1ccccc1-c1ccccc1)C(Cc1ccccc1)NS(=O)(=O)c1ccc(F)cc1. The topological polar surface area (TPSA) is 75.3 Å². The van der Waals surface area contributed by atoms with E-state index in [-0.39, 0.29) is 11.3 Å². The van der Waals surface area contributed by atoms with E-state index in [1.54, 1.807) is 12.1 Å². The highest BCUT2D eigenvalue weighted by Crippen LogP contribution is 2.28. The quantitative estimate of drug-likeness (QED) is 0.377. The van der Waals surface area contributed by atoms with Gasteiger partial charge in [0, 0.05) is 11.3 Å². The van der Waals surface area contributed by atoms with Gasteiger partial charge in [-0.1, -0.05) is 78.9 Å². The molecule has 172 valence electrons. The van der Waals surface area contributed by atoms with Gasteiger partial charge >= 0.3 is 0 Å². The molecule has 1 unspecified atom stereocenters. The second kappa shape index (κ2) is 10.4. The van der Waals surface area contributed by atoms with Crippen LogP contribution in [0.2, 0.25) is 0 Å². The predicted molar refractivity (Wildman–Crippen MR) is 131 cm³/mol. The first-order chi connectivity index (χ1) is 16.4. The van der Waals surface area contributed by atoms with E-state index in [1.807, 2.05) is 72.8 Å². The maximum atomic E-state index is 13.4. The summed E-state index contributed by atoms with van der Waals surface area (Å²) < 4.78 is 41.7. The largest absolute Gasteiger partial charge is 0.324 e. The monoisotopic (exact) mass is 474 g/mol. The van der Waals surface area contributed by atoms with Crippen LogP contribution in [0.25, 0.3) is 11.1 Å². The minimum Gasteiger partial charge on any atom is -0.324 e. The van der Waals surface area contributed by atoms with Crippen molar-refractivity contribution in [1.82, 2.24) is 4.72 Å². The highest BCUT2D eigenvalue weighted by Gasteiger charge is 2.27. The number of hydrogen-bond donors (Lipinski definition) is 2. The fourth-order valence-electron chi connectivity index (χ4n) is 3.59. The van der Waals surface area contributed by atoms with Crippen LogP contribution in [0, 0.1) is 5.82 Å². The lowest BCUT2D eigenvalue weighted by molar-refractivity contribution is -0.117. The Hall–Kier alpha value is -3.81. The lowest BCUT2D eigenvalue weighted by Gasteiger charge is -2.20. The highest BCUT2D eigenvalue weighted by molar-refractivity contribution is 7.89. The molecule has 0 radical (unpaired) electrons. The van der Waals surface area contributed by atoms with Crippen LogP contribution in [0.3, 0.4) is 0 Å². The third kappa shape index (κ3) is 5.75. The maximum absolute atomic E-state index is 13.4. The number of benzene rings is 4. The van der Waals surface area contributed by atoms with Gasteiger partial charge in [-0.3, -0.25) is 4.79 Å². The van der Waals surface area contributed by atoms with Crippen LogP contribution in [0.1, 0.15) is 5.56 Å². The van der Waals surface area contributed by atoms with Gasteiger partial charge in [-0.05, 0) is 47.9 Å². The van der Waals surface area contributed by atoms with Crippen LogP contribution >= 0.6 is 0 Å². The van der Waals surface area contributed by atoms with Crippen molar-refractivity contribution in [3.05, 3.63) is 121 Å². The first-order valence-electron chi connectivity index (χ1n) is 10.7. The Labute approximate surface area is 198 Å². The molecule has 4 aromatic carbocycles.